The minimum absolute atomic E-state index is 0. The van der Waals surface area contributed by atoms with Crippen LogP contribution in [0.15, 0.2) is 48.5 Å². The van der Waals surface area contributed by atoms with Crippen LogP contribution in [0.5, 0.6) is 11.5 Å². The average molecular weight is 367 g/mol. The number of carboxylic acids is 1. The molecule has 0 heterocycles. The number of aromatic carboxylic acids is 1. The molecule has 0 radical (unpaired) electrons. The van der Waals surface area contributed by atoms with Crippen LogP contribution in [-0.2, 0) is 4.79 Å². The van der Waals surface area contributed by atoms with Gasteiger partial charge in [0.15, 0.2) is 11.5 Å². The zero-order valence-electron chi connectivity index (χ0n) is 13.3. The van der Waals surface area contributed by atoms with Gasteiger partial charge in [-0.25, -0.2) is 4.79 Å². The summed E-state index contributed by atoms with van der Waals surface area (Å²) in [6.45, 7) is 0. The van der Waals surface area contributed by atoms with Crippen LogP contribution in [0.25, 0.3) is 6.08 Å². The number of rotatable bonds is 6. The topological polar surface area (TPSA) is 84.9 Å². The van der Waals surface area contributed by atoms with Crippen molar-refractivity contribution in [2.24, 2.45) is 0 Å². The van der Waals surface area contributed by atoms with Crippen LogP contribution in [-0.4, -0.2) is 82.6 Å². The Bertz CT molecular complexity index is 789. The first-order chi connectivity index (χ1) is 11.5. The van der Waals surface area contributed by atoms with Crippen LogP contribution in [0.4, 0.5) is 5.69 Å². The fourth-order valence-electron chi connectivity index (χ4n) is 2.08. The third-order valence-corrected chi connectivity index (χ3v) is 3.25. The van der Waals surface area contributed by atoms with Gasteiger partial charge in [-0.15, -0.1) is 0 Å². The molecule has 0 fully saturated rings. The summed E-state index contributed by atoms with van der Waals surface area (Å²) >= 11 is 0. The first-order valence-corrected chi connectivity index (χ1v) is 7.08. The van der Waals surface area contributed by atoms with Gasteiger partial charge in [0, 0.05) is 6.08 Å². The number of amides is 1. The molecule has 0 atom stereocenters. The van der Waals surface area contributed by atoms with Crippen LogP contribution in [0.3, 0.4) is 0 Å². The Morgan fingerprint density at radius 2 is 1.72 bits per heavy atom. The number of anilines is 1. The zero-order chi connectivity index (χ0) is 17.5. The molecule has 126 valence electrons. The fraction of sp³-hybridized carbons (Fsp3) is 0.111. The molecule has 6 nitrogen and oxygen atoms in total. The number of methoxy groups -OCH3 is 2. The van der Waals surface area contributed by atoms with Crippen LogP contribution in [0.1, 0.15) is 15.9 Å². The van der Waals surface area contributed by atoms with E-state index in [9.17, 15) is 9.59 Å². The van der Waals surface area contributed by atoms with Crippen molar-refractivity contribution in [3.05, 3.63) is 59.7 Å². The molecular formula is C18H18KNO5. The molecular weight excluding hydrogens is 349 g/mol. The second kappa shape index (κ2) is 10.4. The number of benzene rings is 2. The van der Waals surface area contributed by atoms with Gasteiger partial charge < -0.3 is 19.9 Å². The van der Waals surface area contributed by atoms with Gasteiger partial charge in [0.25, 0.3) is 0 Å². The molecule has 1 amide bonds. The SMILES string of the molecule is COc1ccc(/C=C/C(=O)Nc2ccccc2C(=O)O)cc1OC.[KH]. The molecule has 0 bridgehead atoms. The van der Waals surface area contributed by atoms with Crippen molar-refractivity contribution in [1.82, 2.24) is 0 Å². The van der Waals surface area contributed by atoms with E-state index in [0.29, 0.717) is 11.5 Å². The maximum atomic E-state index is 12.0. The van der Waals surface area contributed by atoms with Gasteiger partial charge in [0.05, 0.1) is 25.5 Å². The van der Waals surface area contributed by atoms with Crippen molar-refractivity contribution in [3.63, 3.8) is 0 Å². The predicted octanol–water partition coefficient (Wildman–Crippen LogP) is 2.41. The number of carbonyl (C=O) groups excluding carboxylic acids is 1. The Kier molecular flexibility index (Phi) is 8.88. The minimum atomic E-state index is -1.10. The molecule has 0 aliphatic rings. The summed E-state index contributed by atoms with van der Waals surface area (Å²) in [7, 11) is 3.07. The normalized spacial score (nSPS) is 10.0. The summed E-state index contributed by atoms with van der Waals surface area (Å²) in [5.74, 6) is -0.390. The van der Waals surface area contributed by atoms with E-state index in [0.717, 1.165) is 5.56 Å². The summed E-state index contributed by atoms with van der Waals surface area (Å²) in [6.07, 6.45) is 2.92. The van der Waals surface area contributed by atoms with Gasteiger partial charge in [-0.2, -0.15) is 0 Å². The number of hydrogen-bond donors (Lipinski definition) is 2. The van der Waals surface area contributed by atoms with E-state index >= 15 is 0 Å². The summed E-state index contributed by atoms with van der Waals surface area (Å²) in [5, 5.41) is 11.6. The Morgan fingerprint density at radius 1 is 1.04 bits per heavy atom. The molecule has 0 saturated heterocycles. The molecule has 0 aliphatic heterocycles. The first-order valence-electron chi connectivity index (χ1n) is 7.08. The van der Waals surface area contributed by atoms with Crippen molar-refractivity contribution in [2.45, 2.75) is 0 Å². The van der Waals surface area contributed by atoms with E-state index in [2.05, 4.69) is 5.32 Å². The van der Waals surface area contributed by atoms with Crippen molar-refractivity contribution < 1.29 is 24.2 Å². The molecule has 0 aromatic heterocycles. The third kappa shape index (κ3) is 5.98. The molecule has 2 aromatic carbocycles. The Balaban J connectivity index is 0.00000312. The number of carboxylic acid groups (broad SMARTS) is 1. The average Bonchev–Trinajstić information content (AvgIpc) is 2.59. The van der Waals surface area contributed by atoms with Crippen LogP contribution < -0.4 is 14.8 Å². The van der Waals surface area contributed by atoms with Gasteiger partial charge in [-0.1, -0.05) is 18.2 Å². The second-order valence-corrected chi connectivity index (χ2v) is 4.79. The quantitative estimate of drug-likeness (QED) is 0.605. The van der Waals surface area contributed by atoms with E-state index in [1.54, 1.807) is 43.5 Å². The van der Waals surface area contributed by atoms with Crippen molar-refractivity contribution in [1.29, 1.82) is 0 Å². The van der Waals surface area contributed by atoms with Crippen LogP contribution in [0.2, 0.25) is 0 Å². The summed E-state index contributed by atoms with van der Waals surface area (Å²) in [6, 6.07) is 11.4. The summed E-state index contributed by atoms with van der Waals surface area (Å²) in [4.78, 5) is 23.1. The van der Waals surface area contributed by atoms with Crippen molar-refractivity contribution in [2.75, 3.05) is 19.5 Å². The van der Waals surface area contributed by atoms with E-state index < -0.39 is 11.9 Å². The van der Waals surface area contributed by atoms with Crippen molar-refractivity contribution in [3.8, 4) is 11.5 Å². The molecule has 0 unspecified atom stereocenters. The van der Waals surface area contributed by atoms with Crippen LogP contribution >= 0.6 is 0 Å². The molecule has 7 heteroatoms. The number of nitrogens with one attached hydrogen (secondary N) is 1. The van der Waals surface area contributed by atoms with Gasteiger partial charge in [0.2, 0.25) is 5.91 Å². The van der Waals surface area contributed by atoms with Gasteiger partial charge in [-0.3, -0.25) is 4.79 Å². The number of para-hydroxylation sites is 1. The second-order valence-electron chi connectivity index (χ2n) is 4.79. The van der Waals surface area contributed by atoms with E-state index in [4.69, 9.17) is 14.6 Å². The van der Waals surface area contributed by atoms with E-state index in [1.165, 1.54) is 25.3 Å². The fourth-order valence-corrected chi connectivity index (χ4v) is 2.08. The van der Waals surface area contributed by atoms with E-state index in [-0.39, 0.29) is 62.6 Å². The Hall–Kier alpha value is -1.64. The number of ether oxygens (including phenoxy) is 2. The molecule has 0 aliphatic carbocycles. The zero-order valence-corrected chi connectivity index (χ0v) is 13.3. The monoisotopic (exact) mass is 367 g/mol. The number of carbonyl (C=O) groups is 2. The predicted molar refractivity (Wildman–Crippen MR) is 97.8 cm³/mol. The molecule has 0 saturated carbocycles. The summed E-state index contributed by atoms with van der Waals surface area (Å²) in [5.41, 5.74) is 1.02. The Labute approximate surface area is 188 Å². The third-order valence-electron chi connectivity index (χ3n) is 3.25. The maximum absolute atomic E-state index is 12.0. The first kappa shape index (κ1) is 21.4. The van der Waals surface area contributed by atoms with Crippen LogP contribution in [0, 0.1) is 0 Å². The molecule has 25 heavy (non-hydrogen) atoms. The molecule has 0 spiro atoms. The van der Waals surface area contributed by atoms with E-state index in [1.807, 2.05) is 0 Å². The number of hydrogen-bond acceptors (Lipinski definition) is 4. The molecule has 2 rings (SSSR count). The van der Waals surface area contributed by atoms with Crippen molar-refractivity contribution >= 4 is 75.0 Å². The Morgan fingerprint density at radius 3 is 2.36 bits per heavy atom. The standard InChI is InChI=1S/C18H17NO5.K.H/c1-23-15-9-7-12(11-16(15)24-2)8-10-17(20)19-14-6-4-3-5-13(14)18(21)22;;/h3-11H,1-2H3,(H,19,20)(H,21,22);;/b10-8+;;. The summed E-state index contributed by atoms with van der Waals surface area (Å²) < 4.78 is 10.3. The van der Waals surface area contributed by atoms with Gasteiger partial charge in [0.1, 0.15) is 0 Å². The molecule has 2 aromatic rings. The van der Waals surface area contributed by atoms with Gasteiger partial charge >= 0.3 is 57.4 Å². The molecule has 2 N–H and O–H groups in total. The van der Waals surface area contributed by atoms with Gasteiger partial charge in [-0.05, 0) is 35.9 Å².